The summed E-state index contributed by atoms with van der Waals surface area (Å²) < 4.78 is 19.5. The van der Waals surface area contributed by atoms with Crippen LogP contribution in [0.2, 0.25) is 19.6 Å². The van der Waals surface area contributed by atoms with E-state index in [-0.39, 0.29) is 18.3 Å². The monoisotopic (exact) mass is 482 g/mol. The van der Waals surface area contributed by atoms with Crippen molar-refractivity contribution in [1.82, 2.24) is 0 Å². The van der Waals surface area contributed by atoms with Crippen molar-refractivity contribution in [3.63, 3.8) is 0 Å². The maximum Gasteiger partial charge on any atom is 0.165 e. The molecule has 3 fully saturated rings. The van der Waals surface area contributed by atoms with Crippen LogP contribution in [-0.2, 0) is 14.2 Å². The van der Waals surface area contributed by atoms with Crippen molar-refractivity contribution in [2.45, 2.75) is 103 Å². The minimum atomic E-state index is -1.72. The Bertz CT molecular complexity index is 1030. The molecule has 186 valence electrons. The average Bonchev–Trinajstić information content (AvgIpc) is 3.27. The molecule has 3 aliphatic carbocycles. The van der Waals surface area contributed by atoms with Gasteiger partial charge in [0.15, 0.2) is 5.79 Å². The summed E-state index contributed by atoms with van der Waals surface area (Å²) in [7, 11) is -1.72. The molecule has 1 spiro atoms. The molecule has 2 aliphatic heterocycles. The Morgan fingerprint density at radius 3 is 2.56 bits per heavy atom. The fourth-order valence-corrected chi connectivity index (χ4v) is 9.38. The van der Waals surface area contributed by atoms with Gasteiger partial charge in [-0.15, -0.1) is 0 Å². The first-order valence-electron chi connectivity index (χ1n) is 13.3. The molecule has 1 saturated carbocycles. The van der Waals surface area contributed by atoms with Crippen LogP contribution in [0, 0.1) is 0 Å². The highest BCUT2D eigenvalue weighted by Gasteiger charge is 2.67. The van der Waals surface area contributed by atoms with Crippen LogP contribution < -0.4 is 0 Å². The van der Waals surface area contributed by atoms with Crippen molar-refractivity contribution in [3.8, 4) is 0 Å². The molecule has 2 unspecified atom stereocenters. The highest BCUT2D eigenvalue weighted by Crippen LogP contribution is 2.64. The molecule has 0 radical (unpaired) electrons. The third kappa shape index (κ3) is 3.70. The van der Waals surface area contributed by atoms with Crippen molar-refractivity contribution in [2.75, 3.05) is 19.8 Å². The number of rotatable bonds is 7. The molecule has 5 aliphatic rings. The van der Waals surface area contributed by atoms with E-state index >= 15 is 0 Å². The lowest BCUT2D eigenvalue weighted by molar-refractivity contribution is -0.153. The van der Waals surface area contributed by atoms with Gasteiger partial charge in [0.25, 0.3) is 0 Å². The van der Waals surface area contributed by atoms with Gasteiger partial charge in [-0.05, 0) is 85.0 Å². The Kier molecular flexibility index (Phi) is 6.26. The largest absolute Gasteiger partial charge is 0.392 e. The van der Waals surface area contributed by atoms with E-state index in [1.54, 1.807) is 5.20 Å². The van der Waals surface area contributed by atoms with Crippen LogP contribution in [0.3, 0.4) is 0 Å². The van der Waals surface area contributed by atoms with Crippen LogP contribution in [-0.4, -0.2) is 50.5 Å². The molecule has 0 amide bonds. The number of ether oxygens (including phenoxy) is 3. The number of fused-ring (bicyclic) bond motifs is 2. The lowest BCUT2D eigenvalue weighted by Gasteiger charge is -2.52. The Hall–Kier alpha value is -1.24. The Balaban J connectivity index is 1.83. The van der Waals surface area contributed by atoms with E-state index in [4.69, 9.17) is 14.2 Å². The predicted octanol–water partition coefficient (Wildman–Crippen LogP) is 6.31. The molecule has 2 atom stereocenters. The van der Waals surface area contributed by atoms with Crippen LogP contribution >= 0.6 is 0 Å². The second-order valence-corrected chi connectivity index (χ2v) is 17.0. The van der Waals surface area contributed by atoms with Crippen molar-refractivity contribution in [1.29, 1.82) is 0 Å². The summed E-state index contributed by atoms with van der Waals surface area (Å²) in [5, 5.41) is 11.3. The fraction of sp³-hybridized carbons (Fsp3) is 0.655. The van der Waals surface area contributed by atoms with Crippen molar-refractivity contribution >= 4 is 8.07 Å². The van der Waals surface area contributed by atoms with E-state index in [1.807, 2.05) is 6.08 Å². The first-order chi connectivity index (χ1) is 16.1. The molecule has 2 saturated heterocycles. The van der Waals surface area contributed by atoms with E-state index < -0.39 is 13.9 Å². The summed E-state index contributed by atoms with van der Waals surface area (Å²) in [5.41, 5.74) is 9.50. The highest BCUT2D eigenvalue weighted by atomic mass is 28.3. The minimum Gasteiger partial charge on any atom is -0.392 e. The SMILES string of the molecule is CCCCCC1=C(\C=C\CO)C2=C3C(=C4COC\C4=C\1[Si](C)(C)C)C1OC(C)(C)OC31CCC2. The molecule has 4 nitrogen and oxygen atoms in total. The van der Waals surface area contributed by atoms with Gasteiger partial charge in [0.05, 0.1) is 27.9 Å². The lowest BCUT2D eigenvalue weighted by Crippen LogP contribution is -2.57. The minimum absolute atomic E-state index is 0.00732. The molecule has 34 heavy (non-hydrogen) atoms. The Morgan fingerprint density at radius 2 is 1.85 bits per heavy atom. The summed E-state index contributed by atoms with van der Waals surface area (Å²) in [4.78, 5) is 0. The molecular weight excluding hydrogens is 440 g/mol. The third-order valence-electron chi connectivity index (χ3n) is 8.09. The van der Waals surface area contributed by atoms with Crippen molar-refractivity contribution < 1.29 is 19.3 Å². The van der Waals surface area contributed by atoms with Crippen molar-refractivity contribution in [3.05, 3.63) is 56.4 Å². The van der Waals surface area contributed by atoms with E-state index in [9.17, 15) is 5.11 Å². The number of hydrogen-bond donors (Lipinski definition) is 1. The molecule has 5 heteroatoms. The smallest absolute Gasteiger partial charge is 0.165 e. The van der Waals surface area contributed by atoms with Crippen LogP contribution in [0.25, 0.3) is 0 Å². The molecule has 1 N–H and O–H groups in total. The van der Waals surface area contributed by atoms with Gasteiger partial charge in [-0.25, -0.2) is 0 Å². The zero-order chi connectivity index (χ0) is 24.3. The molecule has 0 aromatic heterocycles. The zero-order valence-corrected chi connectivity index (χ0v) is 23.0. The molecule has 0 aromatic rings. The summed E-state index contributed by atoms with van der Waals surface area (Å²) in [6, 6.07) is 0. The molecule has 5 rings (SSSR count). The lowest BCUT2D eigenvalue weighted by atomic mass is 9.57. The van der Waals surface area contributed by atoms with Gasteiger partial charge in [-0.3, -0.25) is 0 Å². The van der Waals surface area contributed by atoms with E-state index in [1.165, 1.54) is 58.3 Å². The van der Waals surface area contributed by atoms with Gasteiger partial charge in [0.2, 0.25) is 0 Å². The fourth-order valence-electron chi connectivity index (χ4n) is 7.09. The number of hydrogen-bond acceptors (Lipinski definition) is 4. The summed E-state index contributed by atoms with van der Waals surface area (Å²) in [5.74, 6) is -0.589. The van der Waals surface area contributed by atoms with Crippen LogP contribution in [0.5, 0.6) is 0 Å². The Labute approximate surface area is 206 Å². The third-order valence-corrected chi connectivity index (χ3v) is 10.2. The maximum absolute atomic E-state index is 9.77. The number of aliphatic hydroxyl groups is 1. The molecule has 0 bridgehead atoms. The van der Waals surface area contributed by atoms with Crippen LogP contribution in [0.15, 0.2) is 56.4 Å². The quantitative estimate of drug-likeness (QED) is 0.341. The van der Waals surface area contributed by atoms with E-state index in [2.05, 4.69) is 46.5 Å². The molecular formula is C29H42O4Si. The van der Waals surface area contributed by atoms with Gasteiger partial charge >= 0.3 is 0 Å². The second kappa shape index (κ2) is 8.70. The summed E-state index contributed by atoms with van der Waals surface area (Å²) in [6.45, 7) is 15.3. The first kappa shape index (κ1) is 24.5. The van der Waals surface area contributed by atoms with Gasteiger partial charge < -0.3 is 19.3 Å². The first-order valence-corrected chi connectivity index (χ1v) is 16.8. The number of allylic oxidation sites excluding steroid dienone is 5. The summed E-state index contributed by atoms with van der Waals surface area (Å²) >= 11 is 0. The maximum atomic E-state index is 9.77. The Morgan fingerprint density at radius 1 is 1.09 bits per heavy atom. The average molecular weight is 483 g/mol. The van der Waals surface area contributed by atoms with Crippen LogP contribution in [0.1, 0.15) is 65.7 Å². The predicted molar refractivity (Wildman–Crippen MR) is 139 cm³/mol. The molecule has 2 heterocycles. The van der Waals surface area contributed by atoms with Gasteiger partial charge in [0, 0.05) is 0 Å². The standard InChI is InChI=1S/C29H42O4Si/c1-7-8-9-12-21-19(14-11-16-30)20-13-10-15-29-25(20)24(27(29)32-28(2,3)33-29)22-17-31-18-23(22)26(21)34(4,5)6/h11,14,27,30H,7-10,12-13,15-18H2,1-6H3/b14-11+,20-19?,21-19-,24-22?,26-21?,26-23+. The van der Waals surface area contributed by atoms with Gasteiger partial charge in [0.1, 0.15) is 11.7 Å². The summed E-state index contributed by atoms with van der Waals surface area (Å²) in [6.07, 6.45) is 12.0. The number of unbranched alkanes of at least 4 members (excludes halogenated alkanes) is 2. The zero-order valence-electron chi connectivity index (χ0n) is 22.0. The van der Waals surface area contributed by atoms with E-state index in [0.29, 0.717) is 13.2 Å². The number of aliphatic hydroxyl groups excluding tert-OH is 1. The highest BCUT2D eigenvalue weighted by molar-refractivity contribution is 6.84. The topological polar surface area (TPSA) is 47.9 Å². The van der Waals surface area contributed by atoms with Gasteiger partial charge in [-0.1, -0.05) is 56.8 Å². The van der Waals surface area contributed by atoms with E-state index in [0.717, 1.165) is 25.7 Å². The second-order valence-electron chi connectivity index (χ2n) is 12.0. The van der Waals surface area contributed by atoms with Crippen molar-refractivity contribution in [2.24, 2.45) is 0 Å². The van der Waals surface area contributed by atoms with Gasteiger partial charge in [-0.2, -0.15) is 0 Å². The van der Waals surface area contributed by atoms with Crippen LogP contribution in [0.4, 0.5) is 0 Å². The molecule has 0 aromatic carbocycles. The normalized spacial score (nSPS) is 34.7.